The SMILES string of the molecule is CCCCCCCCO[C@@H]1[C@@H](O)[C@H]([C@@H](CO)O[C@@H]2O[C@@H]([C@H](O)CO)[C@H](O)[C@H]2O)O[C@H]1[O-]. The molecule has 0 amide bonds. The molecule has 31 heavy (non-hydrogen) atoms. The van der Waals surface area contributed by atoms with Gasteiger partial charge in [0.05, 0.1) is 19.3 Å². The lowest BCUT2D eigenvalue weighted by atomic mass is 10.1. The third-order valence-electron chi connectivity index (χ3n) is 5.72. The van der Waals surface area contributed by atoms with Gasteiger partial charge in [0.25, 0.3) is 0 Å². The zero-order chi connectivity index (χ0) is 23.0. The zero-order valence-corrected chi connectivity index (χ0v) is 17.9. The van der Waals surface area contributed by atoms with Gasteiger partial charge >= 0.3 is 0 Å². The number of unbranched alkanes of at least 4 members (excludes halogenated alkanes) is 5. The first kappa shape index (κ1) is 26.8. The topological polar surface area (TPSA) is 181 Å². The molecular formula is C20H37O11-. The van der Waals surface area contributed by atoms with Crippen LogP contribution in [0.5, 0.6) is 0 Å². The maximum absolute atomic E-state index is 12.2. The number of hydrogen-bond donors (Lipinski definition) is 6. The maximum Gasteiger partial charge on any atom is 0.187 e. The summed E-state index contributed by atoms with van der Waals surface area (Å²) < 4.78 is 21.4. The minimum absolute atomic E-state index is 0.296. The van der Waals surface area contributed by atoms with E-state index in [0.29, 0.717) is 6.61 Å². The fraction of sp³-hybridized carbons (Fsp3) is 1.00. The molecule has 0 saturated carbocycles. The van der Waals surface area contributed by atoms with Gasteiger partial charge < -0.3 is 54.7 Å². The van der Waals surface area contributed by atoms with Crippen LogP contribution in [0.4, 0.5) is 0 Å². The van der Waals surface area contributed by atoms with E-state index >= 15 is 0 Å². The maximum atomic E-state index is 12.2. The highest BCUT2D eigenvalue weighted by atomic mass is 16.7. The lowest BCUT2D eigenvalue weighted by Gasteiger charge is -2.28. The molecule has 11 nitrogen and oxygen atoms in total. The van der Waals surface area contributed by atoms with Crippen LogP contribution in [0.15, 0.2) is 0 Å². The van der Waals surface area contributed by atoms with Crippen LogP contribution in [0.2, 0.25) is 0 Å². The van der Waals surface area contributed by atoms with Gasteiger partial charge in [-0.15, -0.1) is 0 Å². The van der Waals surface area contributed by atoms with Crippen molar-refractivity contribution in [3.05, 3.63) is 0 Å². The third-order valence-corrected chi connectivity index (χ3v) is 5.72. The second kappa shape index (κ2) is 13.3. The van der Waals surface area contributed by atoms with Crippen molar-refractivity contribution in [1.82, 2.24) is 0 Å². The minimum atomic E-state index is -1.68. The molecule has 2 aliphatic rings. The molecular weight excluding hydrogens is 416 g/mol. The Morgan fingerprint density at radius 2 is 1.55 bits per heavy atom. The molecule has 2 heterocycles. The van der Waals surface area contributed by atoms with Gasteiger partial charge in [0.15, 0.2) is 6.29 Å². The standard InChI is InChI=1S/C20H37O11/c1-2-3-4-5-6-7-8-28-18-15(26)17(30-19(18)27)12(10-22)29-20-14(25)13(24)16(31-20)11(23)9-21/h11-26H,2-10H2,1H3/q-1/t11-,12-,13-,14-,15+,16+,17+,18-,19-,20-/m1/s1. The van der Waals surface area contributed by atoms with Crippen LogP contribution in [0.1, 0.15) is 45.4 Å². The summed E-state index contributed by atoms with van der Waals surface area (Å²) >= 11 is 0. The highest BCUT2D eigenvalue weighted by Gasteiger charge is 2.50. The van der Waals surface area contributed by atoms with Crippen LogP contribution in [0.3, 0.4) is 0 Å². The molecule has 0 aromatic heterocycles. The second-order valence-corrected chi connectivity index (χ2v) is 8.12. The van der Waals surface area contributed by atoms with Crippen molar-refractivity contribution in [2.24, 2.45) is 0 Å². The van der Waals surface area contributed by atoms with E-state index in [1.165, 1.54) is 6.42 Å². The summed E-state index contributed by atoms with van der Waals surface area (Å²) in [6.45, 7) is 1.06. The first-order valence-corrected chi connectivity index (χ1v) is 11.0. The molecule has 0 radical (unpaired) electrons. The summed E-state index contributed by atoms with van der Waals surface area (Å²) in [6.07, 6.45) is -7.78. The number of hydrogen-bond acceptors (Lipinski definition) is 11. The van der Waals surface area contributed by atoms with Crippen molar-refractivity contribution in [3.8, 4) is 0 Å². The average molecular weight is 454 g/mol. The highest BCUT2D eigenvalue weighted by molar-refractivity contribution is 4.94. The Balaban J connectivity index is 1.85. The van der Waals surface area contributed by atoms with Crippen LogP contribution in [-0.4, -0.2) is 112 Å². The number of rotatable bonds is 14. The van der Waals surface area contributed by atoms with Gasteiger partial charge in [-0.05, 0) is 6.42 Å². The van der Waals surface area contributed by atoms with E-state index in [4.69, 9.17) is 24.1 Å². The van der Waals surface area contributed by atoms with Crippen LogP contribution in [0, 0.1) is 0 Å². The molecule has 0 aromatic carbocycles. The Kier molecular flexibility index (Phi) is 11.5. The van der Waals surface area contributed by atoms with Crippen LogP contribution < -0.4 is 5.11 Å². The Morgan fingerprint density at radius 3 is 2.19 bits per heavy atom. The normalized spacial score (nSPS) is 37.9. The summed E-state index contributed by atoms with van der Waals surface area (Å²) in [5, 5.41) is 71.1. The predicted molar refractivity (Wildman–Crippen MR) is 104 cm³/mol. The van der Waals surface area contributed by atoms with Crippen molar-refractivity contribution in [2.75, 3.05) is 19.8 Å². The largest absolute Gasteiger partial charge is 0.829 e. The van der Waals surface area contributed by atoms with Gasteiger partial charge in [-0.2, -0.15) is 0 Å². The second-order valence-electron chi connectivity index (χ2n) is 8.12. The first-order valence-electron chi connectivity index (χ1n) is 11.0. The molecule has 0 unspecified atom stereocenters. The van der Waals surface area contributed by atoms with Gasteiger partial charge in [-0.3, -0.25) is 0 Å². The molecule has 0 spiro atoms. The Labute approximate surface area is 182 Å². The zero-order valence-electron chi connectivity index (χ0n) is 17.9. The van der Waals surface area contributed by atoms with Crippen LogP contribution in [-0.2, 0) is 18.9 Å². The summed E-state index contributed by atoms with van der Waals surface area (Å²) in [4.78, 5) is 0. The van der Waals surface area contributed by atoms with E-state index in [2.05, 4.69) is 6.92 Å². The Morgan fingerprint density at radius 1 is 0.871 bits per heavy atom. The monoisotopic (exact) mass is 453 g/mol. The molecule has 0 aromatic rings. The fourth-order valence-electron chi connectivity index (χ4n) is 3.85. The van der Waals surface area contributed by atoms with E-state index in [0.717, 1.165) is 32.1 Å². The third kappa shape index (κ3) is 7.02. The van der Waals surface area contributed by atoms with E-state index in [1.54, 1.807) is 0 Å². The molecule has 2 saturated heterocycles. The smallest absolute Gasteiger partial charge is 0.187 e. The van der Waals surface area contributed by atoms with Gasteiger partial charge in [0.1, 0.15) is 42.7 Å². The molecule has 2 aliphatic heterocycles. The highest BCUT2D eigenvalue weighted by Crippen LogP contribution is 2.30. The summed E-state index contributed by atoms with van der Waals surface area (Å²) in [5.74, 6) is 0. The molecule has 11 heteroatoms. The van der Waals surface area contributed by atoms with E-state index in [-0.39, 0.29) is 0 Å². The lowest BCUT2D eigenvalue weighted by molar-refractivity contribution is -0.501. The van der Waals surface area contributed by atoms with Gasteiger partial charge in [0.2, 0.25) is 0 Å². The summed E-state index contributed by atoms with van der Waals surface area (Å²) in [7, 11) is 0. The minimum Gasteiger partial charge on any atom is -0.829 e. The molecule has 0 aliphatic carbocycles. The molecule has 184 valence electrons. The van der Waals surface area contributed by atoms with Crippen molar-refractivity contribution in [1.29, 1.82) is 0 Å². The van der Waals surface area contributed by atoms with Crippen molar-refractivity contribution in [2.45, 2.75) is 107 Å². The van der Waals surface area contributed by atoms with Crippen LogP contribution in [0.25, 0.3) is 0 Å². The quantitative estimate of drug-likeness (QED) is 0.151. The van der Waals surface area contributed by atoms with Crippen molar-refractivity contribution in [3.63, 3.8) is 0 Å². The molecule has 2 fully saturated rings. The van der Waals surface area contributed by atoms with Gasteiger partial charge in [0, 0.05) is 12.9 Å². The first-order chi connectivity index (χ1) is 14.8. The Hall–Kier alpha value is -0.440. The summed E-state index contributed by atoms with van der Waals surface area (Å²) in [6, 6.07) is 0. The number of ether oxygens (including phenoxy) is 4. The fourth-order valence-corrected chi connectivity index (χ4v) is 3.85. The molecule has 0 bridgehead atoms. The predicted octanol–water partition coefficient (Wildman–Crippen LogP) is -2.64. The van der Waals surface area contributed by atoms with Crippen molar-refractivity contribution < 1.29 is 54.7 Å². The number of aliphatic hydroxyl groups is 6. The van der Waals surface area contributed by atoms with E-state index in [9.17, 15) is 30.6 Å². The number of aliphatic hydroxyl groups excluding tert-OH is 6. The average Bonchev–Trinajstić information content (AvgIpc) is 3.20. The van der Waals surface area contributed by atoms with E-state index < -0.39 is 74.6 Å². The Bertz CT molecular complexity index is 496. The van der Waals surface area contributed by atoms with Gasteiger partial charge in [-0.25, -0.2) is 0 Å². The molecule has 10 atom stereocenters. The molecule has 2 rings (SSSR count). The molecule has 6 N–H and O–H groups in total. The van der Waals surface area contributed by atoms with Crippen LogP contribution >= 0.6 is 0 Å². The van der Waals surface area contributed by atoms with Gasteiger partial charge in [-0.1, -0.05) is 39.0 Å². The van der Waals surface area contributed by atoms with E-state index in [1.807, 2.05) is 0 Å². The summed E-state index contributed by atoms with van der Waals surface area (Å²) in [5.41, 5.74) is 0. The lowest BCUT2D eigenvalue weighted by Crippen LogP contribution is -2.46. The van der Waals surface area contributed by atoms with Crippen molar-refractivity contribution >= 4 is 0 Å².